The largest absolute Gasteiger partial charge is 0.315 e. The van der Waals surface area contributed by atoms with Gasteiger partial charge in [-0.2, -0.15) is 0 Å². The van der Waals surface area contributed by atoms with Gasteiger partial charge in [-0.15, -0.1) is 0 Å². The first-order chi connectivity index (χ1) is 14.8. The molecule has 0 spiro atoms. The van der Waals surface area contributed by atoms with Gasteiger partial charge < -0.3 is 5.32 Å². The zero-order valence-corrected chi connectivity index (χ0v) is 21.4. The van der Waals surface area contributed by atoms with E-state index < -0.39 is 0 Å². The number of hydrogen-bond donors (Lipinski definition) is 1. The highest BCUT2D eigenvalue weighted by Gasteiger charge is 2.63. The topological polar surface area (TPSA) is 12.0 Å². The fourth-order valence-electron chi connectivity index (χ4n) is 10.4. The van der Waals surface area contributed by atoms with Crippen LogP contribution in [0.4, 0.5) is 0 Å². The van der Waals surface area contributed by atoms with Gasteiger partial charge in [-0.25, -0.2) is 0 Å². The van der Waals surface area contributed by atoms with E-state index >= 15 is 0 Å². The predicted octanol–water partition coefficient (Wildman–Crippen LogP) is 8.15. The van der Waals surface area contributed by atoms with Crippen LogP contribution in [0.2, 0.25) is 0 Å². The molecule has 1 N–H and O–H groups in total. The molecule has 176 valence electrons. The van der Waals surface area contributed by atoms with Crippen molar-refractivity contribution in [1.29, 1.82) is 0 Å². The summed E-state index contributed by atoms with van der Waals surface area (Å²) in [6.07, 6.45) is 19.5. The monoisotopic (exact) mass is 425 g/mol. The summed E-state index contributed by atoms with van der Waals surface area (Å²) in [6.45, 7) is 13.8. The summed E-state index contributed by atoms with van der Waals surface area (Å²) in [4.78, 5) is 0. The van der Waals surface area contributed by atoms with Crippen LogP contribution in [-0.2, 0) is 0 Å². The molecule has 5 aliphatic rings. The molecule has 31 heavy (non-hydrogen) atoms. The van der Waals surface area contributed by atoms with Crippen molar-refractivity contribution in [2.75, 3.05) is 6.54 Å². The first-order valence-electron chi connectivity index (χ1n) is 14.3. The number of rotatable bonds is 6. The Labute approximate surface area is 193 Å². The number of nitrogens with one attached hydrogen (secondary N) is 1. The fourth-order valence-corrected chi connectivity index (χ4v) is 10.4. The van der Waals surface area contributed by atoms with Gasteiger partial charge >= 0.3 is 0 Å². The quantitative estimate of drug-likeness (QED) is 0.334. The lowest BCUT2D eigenvalue weighted by molar-refractivity contribution is -0.108. The summed E-state index contributed by atoms with van der Waals surface area (Å²) in [5, 5.41) is 3.60. The molecule has 8 atom stereocenters. The average molecular weight is 426 g/mol. The molecule has 0 aromatic heterocycles. The molecule has 4 saturated carbocycles. The highest BCUT2D eigenvalue weighted by atomic mass is 14.9. The van der Waals surface area contributed by atoms with Crippen LogP contribution in [0.15, 0.2) is 11.1 Å². The summed E-state index contributed by atoms with van der Waals surface area (Å²) < 4.78 is 0. The third-order valence-corrected chi connectivity index (χ3v) is 11.8. The van der Waals surface area contributed by atoms with Crippen molar-refractivity contribution in [2.45, 2.75) is 124 Å². The minimum absolute atomic E-state index is 0.620. The molecule has 0 aromatic carbocycles. The third kappa shape index (κ3) is 3.68. The van der Waals surface area contributed by atoms with Gasteiger partial charge in [0.1, 0.15) is 0 Å². The zero-order chi connectivity index (χ0) is 21.8. The molecule has 0 bridgehead atoms. The lowest BCUT2D eigenvalue weighted by Crippen LogP contribution is -2.52. The Kier molecular flexibility index (Phi) is 6.15. The van der Waals surface area contributed by atoms with Gasteiger partial charge in [0.2, 0.25) is 0 Å². The van der Waals surface area contributed by atoms with Crippen molar-refractivity contribution in [2.24, 2.45) is 46.3 Å². The van der Waals surface area contributed by atoms with Gasteiger partial charge in [-0.05, 0) is 130 Å². The van der Waals surface area contributed by atoms with Gasteiger partial charge in [0.25, 0.3) is 0 Å². The SMILES string of the molecule is CC1=C(CCCCNC(C)C)CC2CC3C4CCC5CCCCC5(C)C4CCC3(C)C12. The number of fused-ring (bicyclic) bond motifs is 7. The van der Waals surface area contributed by atoms with E-state index in [0.29, 0.717) is 16.9 Å². The Morgan fingerprint density at radius 2 is 1.77 bits per heavy atom. The lowest BCUT2D eigenvalue weighted by Gasteiger charge is -2.60. The molecule has 8 unspecified atom stereocenters. The molecule has 0 heterocycles. The Hall–Kier alpha value is -0.300. The molecular formula is C30H51N. The molecule has 5 rings (SSSR count). The van der Waals surface area contributed by atoms with Crippen LogP contribution in [0.5, 0.6) is 0 Å². The van der Waals surface area contributed by atoms with E-state index in [0.717, 1.165) is 35.5 Å². The van der Waals surface area contributed by atoms with Crippen LogP contribution in [0.1, 0.15) is 118 Å². The summed E-state index contributed by atoms with van der Waals surface area (Å²) in [7, 11) is 0. The molecule has 4 fully saturated rings. The molecule has 0 amide bonds. The summed E-state index contributed by atoms with van der Waals surface area (Å²) in [6, 6.07) is 0.629. The Morgan fingerprint density at radius 1 is 0.935 bits per heavy atom. The van der Waals surface area contributed by atoms with Crippen molar-refractivity contribution >= 4 is 0 Å². The number of unbranched alkanes of at least 4 members (excludes halogenated alkanes) is 1. The fraction of sp³-hybridized carbons (Fsp3) is 0.933. The Morgan fingerprint density at radius 3 is 2.58 bits per heavy atom. The van der Waals surface area contributed by atoms with E-state index in [4.69, 9.17) is 0 Å². The van der Waals surface area contributed by atoms with Crippen LogP contribution in [-0.4, -0.2) is 12.6 Å². The van der Waals surface area contributed by atoms with Crippen LogP contribution in [0, 0.1) is 46.3 Å². The first-order valence-corrected chi connectivity index (χ1v) is 14.3. The Balaban J connectivity index is 1.28. The average Bonchev–Trinajstić information content (AvgIpc) is 3.20. The smallest absolute Gasteiger partial charge is 0.00103 e. The summed E-state index contributed by atoms with van der Waals surface area (Å²) >= 11 is 0. The van der Waals surface area contributed by atoms with E-state index in [1.165, 1.54) is 51.5 Å². The van der Waals surface area contributed by atoms with Crippen LogP contribution in [0.3, 0.4) is 0 Å². The minimum atomic E-state index is 0.620. The van der Waals surface area contributed by atoms with Crippen molar-refractivity contribution in [3.63, 3.8) is 0 Å². The van der Waals surface area contributed by atoms with Gasteiger partial charge in [-0.3, -0.25) is 0 Å². The zero-order valence-electron chi connectivity index (χ0n) is 21.4. The van der Waals surface area contributed by atoms with E-state index in [1.807, 2.05) is 11.1 Å². The highest BCUT2D eigenvalue weighted by molar-refractivity contribution is 5.30. The van der Waals surface area contributed by atoms with Gasteiger partial charge in [0.15, 0.2) is 0 Å². The lowest BCUT2D eigenvalue weighted by atomic mass is 9.44. The van der Waals surface area contributed by atoms with E-state index in [1.54, 1.807) is 38.5 Å². The highest BCUT2D eigenvalue weighted by Crippen LogP contribution is 2.71. The molecule has 0 radical (unpaired) electrons. The second-order valence-corrected chi connectivity index (χ2v) is 13.5. The van der Waals surface area contributed by atoms with Crippen molar-refractivity contribution in [1.82, 2.24) is 5.32 Å². The van der Waals surface area contributed by atoms with Crippen molar-refractivity contribution < 1.29 is 0 Å². The second kappa shape index (κ2) is 8.48. The van der Waals surface area contributed by atoms with Crippen molar-refractivity contribution in [3.8, 4) is 0 Å². The summed E-state index contributed by atoms with van der Waals surface area (Å²) in [5.74, 6) is 6.13. The molecule has 1 nitrogen and oxygen atoms in total. The number of allylic oxidation sites excluding steroid dienone is 2. The normalized spacial score (nSPS) is 46.6. The van der Waals surface area contributed by atoms with Gasteiger partial charge in [-0.1, -0.05) is 51.7 Å². The van der Waals surface area contributed by atoms with E-state index in [9.17, 15) is 0 Å². The molecule has 0 saturated heterocycles. The third-order valence-electron chi connectivity index (χ3n) is 11.8. The minimum Gasteiger partial charge on any atom is -0.315 e. The molecular weight excluding hydrogens is 374 g/mol. The standard InChI is InChI=1S/C30H51N/c1-20(2)31-17-9-7-10-22-18-23-19-27-25-13-12-24-11-6-8-15-29(24,4)26(25)14-16-30(27,5)28(23)21(22)3/h20,23-28,31H,6-19H2,1-5H3. The van der Waals surface area contributed by atoms with Gasteiger partial charge in [0.05, 0.1) is 0 Å². The van der Waals surface area contributed by atoms with Crippen LogP contribution >= 0.6 is 0 Å². The number of hydrogen-bond acceptors (Lipinski definition) is 1. The second-order valence-electron chi connectivity index (χ2n) is 13.5. The van der Waals surface area contributed by atoms with Crippen LogP contribution < -0.4 is 5.32 Å². The molecule has 0 aromatic rings. The van der Waals surface area contributed by atoms with E-state index in [2.05, 4.69) is 39.9 Å². The molecule has 0 aliphatic heterocycles. The van der Waals surface area contributed by atoms with Crippen LogP contribution in [0.25, 0.3) is 0 Å². The maximum atomic E-state index is 3.60. The Bertz CT molecular complexity index is 691. The summed E-state index contributed by atoms with van der Waals surface area (Å²) in [5.41, 5.74) is 5.06. The van der Waals surface area contributed by atoms with Crippen molar-refractivity contribution in [3.05, 3.63) is 11.1 Å². The maximum absolute atomic E-state index is 3.60. The molecule has 1 heteroatoms. The molecule has 5 aliphatic carbocycles. The maximum Gasteiger partial charge on any atom is 0.00103 e. The first kappa shape index (κ1) is 22.5. The van der Waals surface area contributed by atoms with Gasteiger partial charge in [0, 0.05) is 6.04 Å². The van der Waals surface area contributed by atoms with E-state index in [-0.39, 0.29) is 0 Å². The predicted molar refractivity (Wildman–Crippen MR) is 133 cm³/mol.